The van der Waals surface area contributed by atoms with E-state index in [4.69, 9.17) is 5.11 Å². The first-order valence-corrected chi connectivity index (χ1v) is 5.16. The van der Waals surface area contributed by atoms with Gasteiger partial charge in [-0.15, -0.1) is 0 Å². The molecule has 1 rings (SSSR count). The largest absolute Gasteiger partial charge is 0.465 e. The summed E-state index contributed by atoms with van der Waals surface area (Å²) in [6, 6.07) is 0.513. The molecular weight excluding hydrogens is 270 g/mol. The van der Waals surface area contributed by atoms with Gasteiger partial charge in [0.1, 0.15) is 5.82 Å². The molecule has 2 atom stereocenters. The van der Waals surface area contributed by atoms with Crippen LogP contribution in [-0.4, -0.2) is 22.3 Å². The smallest absolute Gasteiger partial charge is 0.416 e. The summed E-state index contributed by atoms with van der Waals surface area (Å²) in [5, 5.41) is 20.0. The zero-order valence-electron chi connectivity index (χ0n) is 9.70. The number of hydrogen-bond donors (Lipinski definition) is 3. The number of amides is 1. The minimum Gasteiger partial charge on any atom is -0.465 e. The maximum Gasteiger partial charge on any atom is 0.416 e. The molecule has 0 aliphatic rings. The Morgan fingerprint density at radius 2 is 1.89 bits per heavy atom. The molecule has 4 nitrogen and oxygen atoms in total. The number of aliphatic hydroxyl groups is 1. The van der Waals surface area contributed by atoms with Crippen molar-refractivity contribution in [3.8, 4) is 0 Å². The zero-order valence-corrected chi connectivity index (χ0v) is 9.70. The average Bonchev–Trinajstić information content (AvgIpc) is 2.25. The molecule has 0 saturated carbocycles. The second-order valence-electron chi connectivity index (χ2n) is 3.95. The fourth-order valence-electron chi connectivity index (χ4n) is 1.51. The van der Waals surface area contributed by atoms with Crippen LogP contribution in [0.25, 0.3) is 0 Å². The maximum atomic E-state index is 13.1. The highest BCUT2D eigenvalue weighted by Gasteiger charge is 2.32. The summed E-state index contributed by atoms with van der Waals surface area (Å²) < 4.78 is 50.5. The molecule has 0 radical (unpaired) electrons. The summed E-state index contributed by atoms with van der Waals surface area (Å²) in [5.41, 5.74) is -1.60. The van der Waals surface area contributed by atoms with Gasteiger partial charge < -0.3 is 15.5 Å². The Balaban J connectivity index is 3.06. The number of carbonyl (C=O) groups is 1. The Hall–Kier alpha value is -1.83. The standard InChI is InChI=1S/C11H11F4NO3/c1-5(16-10(18)19)9(17)6-2-7(11(13,14)15)4-8(12)3-6/h2-5,9,16-17H,1H3,(H,18,19). The molecule has 8 heteroatoms. The van der Waals surface area contributed by atoms with E-state index < -0.39 is 35.8 Å². The van der Waals surface area contributed by atoms with E-state index in [0.717, 1.165) is 6.07 Å². The number of carboxylic acid groups (broad SMARTS) is 1. The molecule has 0 heterocycles. The SMILES string of the molecule is CC(NC(=O)O)C(O)c1cc(F)cc(C(F)(F)F)c1. The summed E-state index contributed by atoms with van der Waals surface area (Å²) in [7, 11) is 0. The molecule has 1 amide bonds. The van der Waals surface area contributed by atoms with E-state index in [-0.39, 0.29) is 5.56 Å². The number of nitrogens with one attached hydrogen (secondary N) is 1. The lowest BCUT2D eigenvalue weighted by molar-refractivity contribution is -0.137. The van der Waals surface area contributed by atoms with Crippen LogP contribution in [0.5, 0.6) is 0 Å². The number of hydrogen-bond acceptors (Lipinski definition) is 2. The van der Waals surface area contributed by atoms with Gasteiger partial charge in [0.25, 0.3) is 0 Å². The molecular formula is C11H11F4NO3. The molecule has 0 fully saturated rings. The summed E-state index contributed by atoms with van der Waals surface area (Å²) >= 11 is 0. The molecule has 0 saturated heterocycles. The predicted octanol–water partition coefficient (Wildman–Crippen LogP) is 2.53. The van der Waals surface area contributed by atoms with Crippen LogP contribution >= 0.6 is 0 Å². The molecule has 1 aromatic carbocycles. The quantitative estimate of drug-likeness (QED) is 0.746. The van der Waals surface area contributed by atoms with Crippen molar-refractivity contribution in [3.63, 3.8) is 0 Å². The lowest BCUT2D eigenvalue weighted by Gasteiger charge is -2.20. The van der Waals surface area contributed by atoms with Gasteiger partial charge in [0.2, 0.25) is 0 Å². The summed E-state index contributed by atoms with van der Waals surface area (Å²) in [4.78, 5) is 10.4. The molecule has 0 spiro atoms. The molecule has 2 unspecified atom stereocenters. The van der Waals surface area contributed by atoms with Crippen LogP contribution in [-0.2, 0) is 6.18 Å². The Labute approximate surface area is 105 Å². The van der Waals surface area contributed by atoms with Gasteiger partial charge in [-0.3, -0.25) is 0 Å². The maximum absolute atomic E-state index is 13.1. The van der Waals surface area contributed by atoms with E-state index in [0.29, 0.717) is 12.1 Å². The van der Waals surface area contributed by atoms with Gasteiger partial charge in [0.05, 0.1) is 17.7 Å². The van der Waals surface area contributed by atoms with Crippen molar-refractivity contribution in [2.45, 2.75) is 25.2 Å². The van der Waals surface area contributed by atoms with Crippen LogP contribution < -0.4 is 5.32 Å². The van der Waals surface area contributed by atoms with E-state index in [1.54, 1.807) is 0 Å². The molecule has 0 aliphatic heterocycles. The highest BCUT2D eigenvalue weighted by Crippen LogP contribution is 2.32. The monoisotopic (exact) mass is 281 g/mol. The number of alkyl halides is 3. The number of rotatable bonds is 3. The van der Waals surface area contributed by atoms with Crippen LogP contribution in [0.3, 0.4) is 0 Å². The summed E-state index contributed by atoms with van der Waals surface area (Å²) in [6.45, 7) is 1.25. The molecule has 106 valence electrons. The fraction of sp³-hybridized carbons (Fsp3) is 0.364. The lowest BCUT2D eigenvalue weighted by Crippen LogP contribution is -2.36. The molecule has 19 heavy (non-hydrogen) atoms. The predicted molar refractivity (Wildman–Crippen MR) is 57.0 cm³/mol. The topological polar surface area (TPSA) is 69.6 Å². The van der Waals surface area contributed by atoms with Crippen LogP contribution in [0.15, 0.2) is 18.2 Å². The Kier molecular flexibility index (Phi) is 4.35. The lowest BCUT2D eigenvalue weighted by atomic mass is 10.0. The zero-order chi connectivity index (χ0) is 14.8. The van der Waals surface area contributed by atoms with Gasteiger partial charge in [-0.25, -0.2) is 9.18 Å². The summed E-state index contributed by atoms with van der Waals surface area (Å²) in [5.74, 6) is -1.16. The molecule has 0 bridgehead atoms. The van der Waals surface area contributed by atoms with E-state index in [1.165, 1.54) is 6.92 Å². The second kappa shape index (κ2) is 5.43. The third-order valence-electron chi connectivity index (χ3n) is 2.41. The minimum atomic E-state index is -4.75. The third kappa shape index (κ3) is 4.09. The Morgan fingerprint density at radius 1 is 1.32 bits per heavy atom. The Bertz CT molecular complexity index is 475. The van der Waals surface area contributed by atoms with Crippen molar-refractivity contribution in [2.75, 3.05) is 0 Å². The van der Waals surface area contributed by atoms with Crippen molar-refractivity contribution in [2.24, 2.45) is 0 Å². The second-order valence-corrected chi connectivity index (χ2v) is 3.95. The summed E-state index contributed by atoms with van der Waals surface area (Å²) in [6.07, 6.45) is -7.79. The van der Waals surface area contributed by atoms with Gasteiger partial charge >= 0.3 is 12.3 Å². The minimum absolute atomic E-state index is 0.297. The highest BCUT2D eigenvalue weighted by atomic mass is 19.4. The first-order chi connectivity index (χ1) is 8.61. The molecule has 0 aromatic heterocycles. The average molecular weight is 281 g/mol. The van der Waals surface area contributed by atoms with Crippen molar-refractivity contribution in [1.29, 1.82) is 0 Å². The van der Waals surface area contributed by atoms with Crippen molar-refractivity contribution >= 4 is 6.09 Å². The van der Waals surface area contributed by atoms with Crippen LogP contribution in [0.2, 0.25) is 0 Å². The number of halogens is 4. The van der Waals surface area contributed by atoms with Gasteiger partial charge in [-0.1, -0.05) is 0 Å². The van der Waals surface area contributed by atoms with E-state index in [1.807, 2.05) is 5.32 Å². The first-order valence-electron chi connectivity index (χ1n) is 5.16. The number of aliphatic hydroxyl groups excluding tert-OH is 1. The normalized spacial score (nSPS) is 14.8. The van der Waals surface area contributed by atoms with Gasteiger partial charge in [-0.05, 0) is 30.7 Å². The van der Waals surface area contributed by atoms with Crippen LogP contribution in [0, 0.1) is 5.82 Å². The van der Waals surface area contributed by atoms with Gasteiger partial charge in [0.15, 0.2) is 0 Å². The highest BCUT2D eigenvalue weighted by molar-refractivity contribution is 5.64. The number of benzene rings is 1. The molecule has 1 aromatic rings. The Morgan fingerprint density at radius 3 is 2.37 bits per heavy atom. The van der Waals surface area contributed by atoms with Gasteiger partial charge in [-0.2, -0.15) is 13.2 Å². The first kappa shape index (κ1) is 15.2. The van der Waals surface area contributed by atoms with Crippen molar-refractivity contribution in [3.05, 3.63) is 35.1 Å². The molecule has 0 aliphatic carbocycles. The van der Waals surface area contributed by atoms with Gasteiger partial charge in [0, 0.05) is 0 Å². The van der Waals surface area contributed by atoms with Crippen molar-refractivity contribution < 1.29 is 32.6 Å². The van der Waals surface area contributed by atoms with Crippen LogP contribution in [0.1, 0.15) is 24.2 Å². The molecule has 3 N–H and O–H groups in total. The van der Waals surface area contributed by atoms with Crippen molar-refractivity contribution in [1.82, 2.24) is 5.32 Å². The fourth-order valence-corrected chi connectivity index (χ4v) is 1.51. The van der Waals surface area contributed by atoms with E-state index in [2.05, 4.69) is 0 Å². The van der Waals surface area contributed by atoms with E-state index in [9.17, 15) is 27.5 Å². The van der Waals surface area contributed by atoms with Crippen LogP contribution in [0.4, 0.5) is 22.4 Å². The van der Waals surface area contributed by atoms with E-state index >= 15 is 0 Å². The third-order valence-corrected chi connectivity index (χ3v) is 2.41.